The zero-order valence-corrected chi connectivity index (χ0v) is 12.2. The van der Waals surface area contributed by atoms with Gasteiger partial charge in [-0.05, 0) is 11.6 Å². The number of nitriles is 1. The van der Waals surface area contributed by atoms with E-state index in [0.29, 0.717) is 30.3 Å². The standard InChI is InChI=1S/C14H15N5OS/c15-4-2-6-19(9-11-3-1-5-17-8-11)13(20)7-12-10-21-14(16)18-12/h1,3,5,8,10H,2,6-7,9H2,(H2,16,18). The van der Waals surface area contributed by atoms with Crippen LogP contribution in [0.1, 0.15) is 17.7 Å². The lowest BCUT2D eigenvalue weighted by molar-refractivity contribution is -0.131. The summed E-state index contributed by atoms with van der Waals surface area (Å²) in [5.74, 6) is -0.0700. The fraction of sp³-hybridized carbons (Fsp3) is 0.286. The van der Waals surface area contributed by atoms with Crippen LogP contribution in [0.3, 0.4) is 0 Å². The summed E-state index contributed by atoms with van der Waals surface area (Å²) in [5.41, 5.74) is 7.16. The van der Waals surface area contributed by atoms with E-state index in [4.69, 9.17) is 11.0 Å². The first-order valence-corrected chi connectivity index (χ1v) is 7.30. The van der Waals surface area contributed by atoms with Crippen molar-refractivity contribution in [3.05, 3.63) is 41.2 Å². The van der Waals surface area contributed by atoms with Crippen molar-refractivity contribution in [1.82, 2.24) is 14.9 Å². The van der Waals surface area contributed by atoms with Gasteiger partial charge in [0, 0.05) is 30.9 Å². The first-order chi connectivity index (χ1) is 10.2. The molecule has 2 aromatic heterocycles. The highest BCUT2D eigenvalue weighted by Crippen LogP contribution is 2.13. The first-order valence-electron chi connectivity index (χ1n) is 6.42. The molecule has 0 saturated carbocycles. The van der Waals surface area contributed by atoms with E-state index >= 15 is 0 Å². The maximum absolute atomic E-state index is 12.4. The quantitative estimate of drug-likeness (QED) is 0.874. The van der Waals surface area contributed by atoms with Crippen molar-refractivity contribution < 1.29 is 4.79 Å². The molecule has 6 nitrogen and oxygen atoms in total. The SMILES string of the molecule is N#CCCN(Cc1cccnc1)C(=O)Cc1csc(N)n1. The molecule has 21 heavy (non-hydrogen) atoms. The van der Waals surface area contributed by atoms with Gasteiger partial charge in [-0.1, -0.05) is 6.07 Å². The maximum atomic E-state index is 12.4. The zero-order valence-electron chi connectivity index (χ0n) is 11.4. The highest BCUT2D eigenvalue weighted by atomic mass is 32.1. The van der Waals surface area contributed by atoms with Gasteiger partial charge in [0.2, 0.25) is 5.91 Å². The minimum Gasteiger partial charge on any atom is -0.375 e. The van der Waals surface area contributed by atoms with Gasteiger partial charge in [0.15, 0.2) is 5.13 Å². The van der Waals surface area contributed by atoms with Gasteiger partial charge >= 0.3 is 0 Å². The summed E-state index contributed by atoms with van der Waals surface area (Å²) < 4.78 is 0. The Morgan fingerprint density at radius 2 is 2.38 bits per heavy atom. The van der Waals surface area contributed by atoms with Crippen molar-refractivity contribution in [2.75, 3.05) is 12.3 Å². The molecule has 2 heterocycles. The number of carbonyl (C=O) groups excluding carboxylic acids is 1. The number of carbonyl (C=O) groups is 1. The number of nitrogen functional groups attached to an aromatic ring is 1. The van der Waals surface area contributed by atoms with Crippen molar-refractivity contribution in [3.63, 3.8) is 0 Å². The maximum Gasteiger partial charge on any atom is 0.228 e. The Hall–Kier alpha value is -2.46. The first kappa shape index (κ1) is 14.9. The second-order valence-corrected chi connectivity index (χ2v) is 5.33. The summed E-state index contributed by atoms with van der Waals surface area (Å²) in [5, 5.41) is 11.0. The molecular weight excluding hydrogens is 286 g/mol. The van der Waals surface area contributed by atoms with Crippen molar-refractivity contribution in [2.45, 2.75) is 19.4 Å². The predicted octanol–water partition coefficient (Wildman–Crippen LogP) is 1.61. The molecule has 0 fully saturated rings. The Morgan fingerprint density at radius 1 is 1.52 bits per heavy atom. The molecule has 0 spiro atoms. The number of nitrogens with two attached hydrogens (primary N) is 1. The van der Waals surface area contributed by atoms with Crippen molar-refractivity contribution in [3.8, 4) is 6.07 Å². The Balaban J connectivity index is 2.04. The van der Waals surface area contributed by atoms with Gasteiger partial charge in [0.25, 0.3) is 0 Å². The molecule has 2 rings (SSSR count). The van der Waals surface area contributed by atoms with E-state index in [-0.39, 0.29) is 12.3 Å². The minimum absolute atomic E-state index is 0.0700. The third kappa shape index (κ3) is 4.54. The Morgan fingerprint density at radius 3 is 3.00 bits per heavy atom. The monoisotopic (exact) mass is 301 g/mol. The number of hydrogen-bond acceptors (Lipinski definition) is 6. The van der Waals surface area contributed by atoms with Gasteiger partial charge in [-0.15, -0.1) is 11.3 Å². The third-order valence-corrected chi connectivity index (χ3v) is 3.57. The molecule has 0 atom stereocenters. The van der Waals surface area contributed by atoms with E-state index < -0.39 is 0 Å². The van der Waals surface area contributed by atoms with Gasteiger partial charge in [0.1, 0.15) is 0 Å². The van der Waals surface area contributed by atoms with E-state index in [1.165, 1.54) is 11.3 Å². The van der Waals surface area contributed by atoms with Gasteiger partial charge in [0.05, 0.1) is 24.6 Å². The molecular formula is C14H15N5OS. The number of amides is 1. The normalized spacial score (nSPS) is 10.0. The van der Waals surface area contributed by atoms with E-state index in [1.54, 1.807) is 22.7 Å². The third-order valence-electron chi connectivity index (χ3n) is 2.84. The van der Waals surface area contributed by atoms with Gasteiger partial charge in [-0.25, -0.2) is 4.98 Å². The average Bonchev–Trinajstić information content (AvgIpc) is 2.89. The van der Waals surface area contributed by atoms with Crippen molar-refractivity contribution in [2.24, 2.45) is 0 Å². The van der Waals surface area contributed by atoms with E-state index in [2.05, 4.69) is 16.0 Å². The fourth-order valence-corrected chi connectivity index (χ4v) is 2.42. The fourth-order valence-electron chi connectivity index (χ4n) is 1.86. The van der Waals surface area contributed by atoms with Crippen LogP contribution in [0.2, 0.25) is 0 Å². The second kappa shape index (κ2) is 7.36. The van der Waals surface area contributed by atoms with Crippen LogP contribution in [-0.4, -0.2) is 27.3 Å². The van der Waals surface area contributed by atoms with E-state index in [0.717, 1.165) is 5.56 Å². The summed E-state index contributed by atoms with van der Waals surface area (Å²) in [7, 11) is 0. The van der Waals surface area contributed by atoms with Crippen LogP contribution in [0.15, 0.2) is 29.9 Å². The largest absolute Gasteiger partial charge is 0.375 e. The highest BCUT2D eigenvalue weighted by Gasteiger charge is 2.16. The number of aromatic nitrogens is 2. The van der Waals surface area contributed by atoms with Crippen LogP contribution in [0.25, 0.3) is 0 Å². The molecule has 0 unspecified atom stereocenters. The van der Waals surface area contributed by atoms with Crippen LogP contribution in [0.5, 0.6) is 0 Å². The molecule has 1 amide bonds. The number of pyridine rings is 1. The topological polar surface area (TPSA) is 95.9 Å². The molecule has 0 bridgehead atoms. The zero-order chi connectivity index (χ0) is 15.1. The molecule has 0 aliphatic carbocycles. The number of thiazole rings is 1. The van der Waals surface area contributed by atoms with Crippen LogP contribution in [-0.2, 0) is 17.8 Å². The lowest BCUT2D eigenvalue weighted by Gasteiger charge is -2.21. The number of hydrogen-bond donors (Lipinski definition) is 1. The summed E-state index contributed by atoms with van der Waals surface area (Å²) in [4.78, 5) is 22.1. The van der Waals surface area contributed by atoms with E-state index in [1.807, 2.05) is 12.1 Å². The minimum atomic E-state index is -0.0700. The molecule has 0 saturated heterocycles. The average molecular weight is 301 g/mol. The van der Waals surface area contributed by atoms with Crippen molar-refractivity contribution >= 4 is 22.4 Å². The predicted molar refractivity (Wildman–Crippen MR) is 80.1 cm³/mol. The molecule has 108 valence electrons. The van der Waals surface area contributed by atoms with Crippen LogP contribution >= 0.6 is 11.3 Å². The smallest absolute Gasteiger partial charge is 0.228 e. The number of rotatable bonds is 6. The van der Waals surface area contributed by atoms with E-state index in [9.17, 15) is 4.79 Å². The van der Waals surface area contributed by atoms with Crippen LogP contribution in [0.4, 0.5) is 5.13 Å². The van der Waals surface area contributed by atoms with Crippen LogP contribution in [0, 0.1) is 11.3 Å². The Labute approximate surface area is 126 Å². The highest BCUT2D eigenvalue weighted by molar-refractivity contribution is 7.13. The number of anilines is 1. The molecule has 0 aromatic carbocycles. The summed E-state index contributed by atoms with van der Waals surface area (Å²) in [6.45, 7) is 0.831. The molecule has 2 N–H and O–H groups in total. The summed E-state index contributed by atoms with van der Waals surface area (Å²) in [6, 6.07) is 5.79. The van der Waals surface area contributed by atoms with Gasteiger partial charge in [-0.3, -0.25) is 9.78 Å². The Bertz CT molecular complexity index is 634. The molecule has 0 aliphatic rings. The Kier molecular flexibility index (Phi) is 5.23. The summed E-state index contributed by atoms with van der Waals surface area (Å²) in [6.07, 6.45) is 3.89. The van der Waals surface area contributed by atoms with Gasteiger partial charge < -0.3 is 10.6 Å². The molecule has 7 heteroatoms. The molecule has 0 radical (unpaired) electrons. The second-order valence-electron chi connectivity index (χ2n) is 4.44. The van der Waals surface area contributed by atoms with Crippen molar-refractivity contribution in [1.29, 1.82) is 5.26 Å². The van der Waals surface area contributed by atoms with Crippen LogP contribution < -0.4 is 5.73 Å². The molecule has 2 aromatic rings. The summed E-state index contributed by atoms with van der Waals surface area (Å²) >= 11 is 1.31. The number of nitrogens with zero attached hydrogens (tertiary/aromatic N) is 4. The lowest BCUT2D eigenvalue weighted by Crippen LogP contribution is -2.32. The molecule has 0 aliphatic heterocycles. The lowest BCUT2D eigenvalue weighted by atomic mass is 10.2. The van der Waals surface area contributed by atoms with Gasteiger partial charge in [-0.2, -0.15) is 5.26 Å².